The molecule has 1 saturated heterocycles. The molecule has 0 aromatic heterocycles. The Morgan fingerprint density at radius 2 is 1.81 bits per heavy atom. The second-order valence-corrected chi connectivity index (χ2v) is 7.01. The van der Waals surface area contributed by atoms with Crippen LogP contribution in [-0.4, -0.2) is 35.7 Å². The van der Waals surface area contributed by atoms with Gasteiger partial charge in [-0.3, -0.25) is 14.4 Å². The molecule has 0 N–H and O–H groups in total. The van der Waals surface area contributed by atoms with Crippen molar-refractivity contribution in [2.45, 2.75) is 19.4 Å². The summed E-state index contributed by atoms with van der Waals surface area (Å²) in [5.74, 6) is -1.47. The SMILES string of the molecule is C[C@H](c1ccccc1)N1C[C@H](C(=O)OCC(=O)c2ccc(Cl)cc2)CC1=O. The van der Waals surface area contributed by atoms with Crippen molar-refractivity contribution in [3.63, 3.8) is 0 Å². The van der Waals surface area contributed by atoms with Crippen molar-refractivity contribution in [2.75, 3.05) is 13.2 Å². The third-order valence-electron chi connectivity index (χ3n) is 4.75. The van der Waals surface area contributed by atoms with Crippen molar-refractivity contribution in [3.8, 4) is 0 Å². The molecule has 3 rings (SSSR count). The molecule has 0 bridgehead atoms. The van der Waals surface area contributed by atoms with E-state index in [0.717, 1.165) is 5.56 Å². The maximum absolute atomic E-state index is 12.3. The summed E-state index contributed by atoms with van der Waals surface area (Å²) >= 11 is 5.79. The van der Waals surface area contributed by atoms with Gasteiger partial charge in [0.1, 0.15) is 0 Å². The van der Waals surface area contributed by atoms with Gasteiger partial charge in [0.15, 0.2) is 12.4 Å². The van der Waals surface area contributed by atoms with Gasteiger partial charge in [0.2, 0.25) is 5.91 Å². The fraction of sp³-hybridized carbons (Fsp3) is 0.286. The van der Waals surface area contributed by atoms with E-state index in [-0.39, 0.29) is 30.8 Å². The molecule has 0 radical (unpaired) electrons. The number of hydrogen-bond donors (Lipinski definition) is 0. The lowest BCUT2D eigenvalue weighted by atomic mass is 10.1. The van der Waals surface area contributed by atoms with Crippen LogP contribution in [-0.2, 0) is 14.3 Å². The summed E-state index contributed by atoms with van der Waals surface area (Å²) in [5, 5.41) is 0.528. The minimum absolute atomic E-state index is 0.0858. The van der Waals surface area contributed by atoms with Crippen LogP contribution in [0, 0.1) is 5.92 Å². The quantitative estimate of drug-likeness (QED) is 0.562. The molecule has 1 heterocycles. The molecule has 2 atom stereocenters. The average Bonchev–Trinajstić information content (AvgIpc) is 3.08. The van der Waals surface area contributed by atoms with E-state index >= 15 is 0 Å². The molecular weight excluding hydrogens is 366 g/mol. The van der Waals surface area contributed by atoms with E-state index in [1.807, 2.05) is 37.3 Å². The van der Waals surface area contributed by atoms with Crippen LogP contribution in [0.15, 0.2) is 54.6 Å². The van der Waals surface area contributed by atoms with Gasteiger partial charge in [0.25, 0.3) is 0 Å². The predicted octanol–water partition coefficient (Wildman–Crippen LogP) is 3.68. The number of halogens is 1. The van der Waals surface area contributed by atoms with E-state index in [1.165, 1.54) is 0 Å². The van der Waals surface area contributed by atoms with E-state index in [2.05, 4.69) is 0 Å². The highest BCUT2D eigenvalue weighted by Crippen LogP contribution is 2.29. The van der Waals surface area contributed by atoms with Crippen molar-refractivity contribution in [1.82, 2.24) is 4.90 Å². The first-order valence-corrected chi connectivity index (χ1v) is 9.13. The van der Waals surface area contributed by atoms with Crippen LogP contribution >= 0.6 is 11.6 Å². The number of ketones is 1. The summed E-state index contributed by atoms with van der Waals surface area (Å²) in [6.45, 7) is 1.88. The van der Waals surface area contributed by atoms with E-state index in [0.29, 0.717) is 17.1 Å². The molecule has 6 heteroatoms. The Balaban J connectivity index is 1.56. The van der Waals surface area contributed by atoms with E-state index < -0.39 is 11.9 Å². The average molecular weight is 386 g/mol. The molecule has 1 aliphatic heterocycles. The Morgan fingerprint density at radius 3 is 2.48 bits per heavy atom. The summed E-state index contributed by atoms with van der Waals surface area (Å²) in [4.78, 5) is 38.4. The van der Waals surface area contributed by atoms with Crippen LogP contribution in [0.5, 0.6) is 0 Å². The van der Waals surface area contributed by atoms with Crippen LogP contribution in [0.25, 0.3) is 0 Å². The van der Waals surface area contributed by atoms with E-state index in [9.17, 15) is 14.4 Å². The van der Waals surface area contributed by atoms with Crippen molar-refractivity contribution in [2.24, 2.45) is 5.92 Å². The molecule has 2 aromatic carbocycles. The molecule has 1 fully saturated rings. The van der Waals surface area contributed by atoms with Crippen LogP contribution in [0.2, 0.25) is 5.02 Å². The number of nitrogens with zero attached hydrogens (tertiary/aromatic N) is 1. The number of ether oxygens (including phenoxy) is 1. The Hall–Kier alpha value is -2.66. The third kappa shape index (κ3) is 4.55. The zero-order chi connectivity index (χ0) is 19.4. The maximum Gasteiger partial charge on any atom is 0.311 e. The number of hydrogen-bond acceptors (Lipinski definition) is 4. The number of esters is 1. The molecule has 0 aliphatic carbocycles. The van der Waals surface area contributed by atoms with Crippen molar-refractivity contribution in [3.05, 3.63) is 70.7 Å². The number of carbonyl (C=O) groups excluding carboxylic acids is 3. The van der Waals surface area contributed by atoms with Gasteiger partial charge in [-0.25, -0.2) is 0 Å². The summed E-state index contributed by atoms with van der Waals surface area (Å²) in [5.41, 5.74) is 1.44. The zero-order valence-electron chi connectivity index (χ0n) is 14.9. The maximum atomic E-state index is 12.3. The number of amides is 1. The lowest BCUT2D eigenvalue weighted by molar-refractivity contribution is -0.147. The van der Waals surface area contributed by atoms with Crippen LogP contribution < -0.4 is 0 Å². The Bertz CT molecular complexity index is 835. The van der Waals surface area contributed by atoms with Crippen LogP contribution in [0.4, 0.5) is 0 Å². The normalized spacial score (nSPS) is 17.6. The Labute approximate surface area is 162 Å². The first-order chi connectivity index (χ1) is 13.0. The largest absolute Gasteiger partial charge is 0.457 e. The smallest absolute Gasteiger partial charge is 0.311 e. The molecule has 1 amide bonds. The van der Waals surface area contributed by atoms with Gasteiger partial charge < -0.3 is 9.64 Å². The summed E-state index contributed by atoms with van der Waals surface area (Å²) < 4.78 is 5.15. The van der Waals surface area contributed by atoms with Crippen LogP contribution in [0.1, 0.15) is 35.3 Å². The van der Waals surface area contributed by atoms with Gasteiger partial charge >= 0.3 is 5.97 Å². The summed E-state index contributed by atoms with van der Waals surface area (Å²) in [7, 11) is 0. The number of rotatable bonds is 6. The Morgan fingerprint density at radius 1 is 1.15 bits per heavy atom. The molecule has 2 aromatic rings. The lowest BCUT2D eigenvalue weighted by Gasteiger charge is -2.25. The highest BCUT2D eigenvalue weighted by Gasteiger charge is 2.38. The standard InChI is InChI=1S/C21H20ClNO4/c1-14(15-5-3-2-4-6-15)23-12-17(11-20(23)25)21(26)27-13-19(24)16-7-9-18(22)10-8-16/h2-10,14,17H,11-13H2,1H3/t14-,17-/m1/s1. The molecule has 0 unspecified atom stereocenters. The highest BCUT2D eigenvalue weighted by atomic mass is 35.5. The Kier molecular flexibility index (Phi) is 5.91. The van der Waals surface area contributed by atoms with Gasteiger partial charge in [-0.1, -0.05) is 41.9 Å². The third-order valence-corrected chi connectivity index (χ3v) is 5.00. The van der Waals surface area contributed by atoms with Crippen molar-refractivity contribution >= 4 is 29.3 Å². The van der Waals surface area contributed by atoms with Crippen LogP contribution in [0.3, 0.4) is 0 Å². The van der Waals surface area contributed by atoms with Gasteiger partial charge in [-0.15, -0.1) is 0 Å². The van der Waals surface area contributed by atoms with Gasteiger partial charge in [0, 0.05) is 23.6 Å². The topological polar surface area (TPSA) is 63.7 Å². The van der Waals surface area contributed by atoms with Crippen molar-refractivity contribution < 1.29 is 19.1 Å². The number of carbonyl (C=O) groups is 3. The second-order valence-electron chi connectivity index (χ2n) is 6.57. The second kappa shape index (κ2) is 8.35. The number of Topliss-reactive ketones (excluding diaryl/α,β-unsaturated/α-hetero) is 1. The van der Waals surface area contributed by atoms with Gasteiger partial charge in [-0.05, 0) is 36.8 Å². The summed E-state index contributed by atoms with van der Waals surface area (Å²) in [6, 6.07) is 15.9. The molecule has 27 heavy (non-hydrogen) atoms. The van der Waals surface area contributed by atoms with E-state index in [1.54, 1.807) is 29.2 Å². The fourth-order valence-corrected chi connectivity index (χ4v) is 3.27. The first-order valence-electron chi connectivity index (χ1n) is 8.75. The molecule has 1 aliphatic rings. The monoisotopic (exact) mass is 385 g/mol. The van der Waals surface area contributed by atoms with E-state index in [4.69, 9.17) is 16.3 Å². The van der Waals surface area contributed by atoms with Gasteiger partial charge in [0.05, 0.1) is 12.0 Å². The molecule has 5 nitrogen and oxygen atoms in total. The first kappa shape index (κ1) is 19.1. The molecule has 140 valence electrons. The molecule has 0 spiro atoms. The van der Waals surface area contributed by atoms with Crippen molar-refractivity contribution in [1.29, 1.82) is 0 Å². The summed E-state index contributed by atoms with van der Waals surface area (Å²) in [6.07, 6.45) is 0.102. The highest BCUT2D eigenvalue weighted by molar-refractivity contribution is 6.30. The molecular formula is C21H20ClNO4. The zero-order valence-corrected chi connectivity index (χ0v) is 15.7. The number of likely N-dealkylation sites (tertiary alicyclic amines) is 1. The predicted molar refractivity (Wildman–Crippen MR) is 101 cm³/mol. The fourth-order valence-electron chi connectivity index (χ4n) is 3.15. The molecule has 0 saturated carbocycles. The lowest BCUT2D eigenvalue weighted by Crippen LogP contribution is -2.30. The number of benzene rings is 2. The minimum Gasteiger partial charge on any atom is -0.457 e. The van der Waals surface area contributed by atoms with Gasteiger partial charge in [-0.2, -0.15) is 0 Å². The minimum atomic E-state index is -0.554.